The Kier molecular flexibility index (Phi) is 6.17. The molecular formula is C21H17ClF5N3O3S. The van der Waals surface area contributed by atoms with Crippen LogP contribution in [0.1, 0.15) is 23.2 Å². The highest BCUT2D eigenvalue weighted by Crippen LogP contribution is 2.49. The van der Waals surface area contributed by atoms with Gasteiger partial charge in [-0.2, -0.15) is 13.2 Å². The lowest BCUT2D eigenvalue weighted by Crippen LogP contribution is -2.60. The van der Waals surface area contributed by atoms with Gasteiger partial charge in [-0.05, 0) is 30.3 Å². The maximum absolute atomic E-state index is 15.1. The molecule has 182 valence electrons. The van der Waals surface area contributed by atoms with Crippen molar-refractivity contribution in [2.45, 2.75) is 23.9 Å². The SMILES string of the molecule is CS(=O)CC(=O)N1CC(F)(c2ccc(C3=NOC(c4cc(F)cc(Cl)c4)(C(F)(F)F)C3)cn2)C1. The van der Waals surface area contributed by atoms with Gasteiger partial charge in [0.05, 0.1) is 30.9 Å². The van der Waals surface area contributed by atoms with Gasteiger partial charge in [0.1, 0.15) is 11.6 Å². The standard InChI is InChI=1S/C21H17ClF5N3O3S/c1-34(32)9-18(31)30-10-19(24,11-30)17-3-2-12(8-28-17)16-7-20(33-29-16,21(25,26)27)13-4-14(22)6-15(23)5-13/h2-6,8H,7,9-11H2,1H3. The van der Waals surface area contributed by atoms with Gasteiger partial charge < -0.3 is 9.74 Å². The van der Waals surface area contributed by atoms with E-state index in [-0.39, 0.29) is 40.8 Å². The van der Waals surface area contributed by atoms with E-state index in [0.717, 1.165) is 18.3 Å². The van der Waals surface area contributed by atoms with Crippen molar-refractivity contribution in [1.82, 2.24) is 9.88 Å². The van der Waals surface area contributed by atoms with Crippen molar-refractivity contribution in [3.05, 3.63) is 64.2 Å². The van der Waals surface area contributed by atoms with Crippen molar-refractivity contribution >= 4 is 34.0 Å². The van der Waals surface area contributed by atoms with Crippen molar-refractivity contribution < 1.29 is 35.8 Å². The lowest BCUT2D eigenvalue weighted by atomic mass is 9.86. The summed E-state index contributed by atoms with van der Waals surface area (Å²) in [6, 6.07) is 5.16. The molecule has 13 heteroatoms. The van der Waals surface area contributed by atoms with Crippen LogP contribution in [0, 0.1) is 5.82 Å². The van der Waals surface area contributed by atoms with Crippen LogP contribution in [0.5, 0.6) is 0 Å². The summed E-state index contributed by atoms with van der Waals surface area (Å²) in [5.74, 6) is -1.61. The summed E-state index contributed by atoms with van der Waals surface area (Å²) < 4.78 is 82.1. The summed E-state index contributed by atoms with van der Waals surface area (Å²) >= 11 is 5.74. The fourth-order valence-corrected chi connectivity index (χ4v) is 4.59. The third-order valence-electron chi connectivity index (χ3n) is 5.63. The summed E-state index contributed by atoms with van der Waals surface area (Å²) in [5.41, 5.74) is -5.36. The van der Waals surface area contributed by atoms with Crippen LogP contribution in [-0.2, 0) is 31.7 Å². The van der Waals surface area contributed by atoms with E-state index < -0.39 is 52.0 Å². The largest absolute Gasteiger partial charge is 0.435 e. The second-order valence-electron chi connectivity index (χ2n) is 8.15. The van der Waals surface area contributed by atoms with Gasteiger partial charge in [0, 0.05) is 39.4 Å². The molecular weight excluding hydrogens is 505 g/mol. The predicted octanol–water partition coefficient (Wildman–Crippen LogP) is 3.84. The van der Waals surface area contributed by atoms with Gasteiger partial charge in [0.25, 0.3) is 5.60 Å². The van der Waals surface area contributed by atoms with E-state index in [1.165, 1.54) is 23.3 Å². The number of pyridine rings is 1. The van der Waals surface area contributed by atoms with Crippen LogP contribution < -0.4 is 0 Å². The minimum atomic E-state index is -4.95. The Morgan fingerprint density at radius 2 is 1.97 bits per heavy atom. The summed E-state index contributed by atoms with van der Waals surface area (Å²) in [6.45, 7) is -0.534. The number of nitrogens with zero attached hydrogens (tertiary/aromatic N) is 3. The molecule has 2 aromatic rings. The molecule has 1 amide bonds. The van der Waals surface area contributed by atoms with Gasteiger partial charge >= 0.3 is 6.18 Å². The molecule has 2 aliphatic rings. The molecule has 2 unspecified atom stereocenters. The van der Waals surface area contributed by atoms with E-state index in [4.69, 9.17) is 16.4 Å². The van der Waals surface area contributed by atoms with E-state index in [9.17, 15) is 26.6 Å². The van der Waals surface area contributed by atoms with Crippen molar-refractivity contribution in [2.75, 3.05) is 25.1 Å². The van der Waals surface area contributed by atoms with Gasteiger partial charge in [0.15, 0.2) is 5.67 Å². The lowest BCUT2D eigenvalue weighted by Gasteiger charge is -2.43. The van der Waals surface area contributed by atoms with Gasteiger partial charge in [-0.1, -0.05) is 16.8 Å². The molecule has 2 aliphatic heterocycles. The monoisotopic (exact) mass is 521 g/mol. The molecule has 1 aromatic carbocycles. The van der Waals surface area contributed by atoms with Gasteiger partial charge in [-0.3, -0.25) is 14.0 Å². The smallest absolute Gasteiger partial charge is 0.374 e. The van der Waals surface area contributed by atoms with Crippen molar-refractivity contribution in [2.24, 2.45) is 5.16 Å². The first-order chi connectivity index (χ1) is 15.8. The van der Waals surface area contributed by atoms with Gasteiger partial charge in [-0.15, -0.1) is 0 Å². The number of benzene rings is 1. The molecule has 0 bridgehead atoms. The number of hydrogen-bond donors (Lipinski definition) is 0. The molecule has 1 aromatic heterocycles. The fourth-order valence-electron chi connectivity index (χ4n) is 3.84. The summed E-state index contributed by atoms with van der Waals surface area (Å²) in [7, 11) is -1.35. The zero-order valence-corrected chi connectivity index (χ0v) is 19.1. The average molecular weight is 522 g/mol. The number of hydrogen-bond acceptors (Lipinski definition) is 5. The first-order valence-corrected chi connectivity index (χ1v) is 12.0. The Labute approximate surface area is 198 Å². The molecule has 1 fully saturated rings. The maximum Gasteiger partial charge on any atom is 0.435 e. The number of rotatable bonds is 5. The number of amides is 1. The zero-order valence-electron chi connectivity index (χ0n) is 17.5. The van der Waals surface area contributed by atoms with E-state index in [2.05, 4.69) is 10.1 Å². The molecule has 2 atom stereocenters. The van der Waals surface area contributed by atoms with Crippen LogP contribution in [0.2, 0.25) is 5.02 Å². The second kappa shape index (κ2) is 8.56. The van der Waals surface area contributed by atoms with Crippen LogP contribution in [0.25, 0.3) is 0 Å². The number of likely N-dealkylation sites (tertiary alicyclic amines) is 1. The molecule has 0 N–H and O–H groups in total. The zero-order chi connectivity index (χ0) is 24.9. The van der Waals surface area contributed by atoms with Gasteiger partial charge in [-0.25, -0.2) is 8.78 Å². The third kappa shape index (κ3) is 4.40. The summed E-state index contributed by atoms with van der Waals surface area (Å²) in [6.07, 6.45) is -3.19. The minimum absolute atomic E-state index is 0.00330. The predicted molar refractivity (Wildman–Crippen MR) is 114 cm³/mol. The van der Waals surface area contributed by atoms with Crippen molar-refractivity contribution in [3.63, 3.8) is 0 Å². The lowest BCUT2D eigenvalue weighted by molar-refractivity contribution is -0.275. The molecule has 3 heterocycles. The number of halogens is 6. The molecule has 0 saturated carbocycles. The van der Waals surface area contributed by atoms with E-state index in [0.29, 0.717) is 6.07 Å². The number of alkyl halides is 4. The number of aromatic nitrogens is 1. The number of carbonyl (C=O) groups excluding carboxylic acids is 1. The Bertz CT molecular complexity index is 1160. The van der Waals surface area contributed by atoms with Crippen LogP contribution in [0.4, 0.5) is 22.0 Å². The highest BCUT2D eigenvalue weighted by Gasteiger charge is 2.62. The maximum atomic E-state index is 15.1. The third-order valence-corrected chi connectivity index (χ3v) is 6.50. The van der Waals surface area contributed by atoms with E-state index in [1.54, 1.807) is 0 Å². The normalized spacial score (nSPS) is 22.6. The topological polar surface area (TPSA) is 71.9 Å². The van der Waals surface area contributed by atoms with Crippen molar-refractivity contribution in [3.8, 4) is 0 Å². The summed E-state index contributed by atoms with van der Waals surface area (Å²) in [5, 5.41) is 3.34. The molecule has 0 aliphatic carbocycles. The van der Waals surface area contributed by atoms with Crippen LogP contribution in [0.3, 0.4) is 0 Å². The molecule has 0 radical (unpaired) electrons. The van der Waals surface area contributed by atoms with E-state index in [1.807, 2.05) is 0 Å². The molecule has 1 saturated heterocycles. The average Bonchev–Trinajstić information content (AvgIpc) is 3.17. The van der Waals surface area contributed by atoms with Crippen LogP contribution in [0.15, 0.2) is 41.7 Å². The highest BCUT2D eigenvalue weighted by molar-refractivity contribution is 7.85. The molecule has 34 heavy (non-hydrogen) atoms. The van der Waals surface area contributed by atoms with Crippen LogP contribution in [-0.4, -0.2) is 57.0 Å². The Morgan fingerprint density at radius 1 is 1.26 bits per heavy atom. The minimum Gasteiger partial charge on any atom is -0.374 e. The van der Waals surface area contributed by atoms with Gasteiger partial charge in [0.2, 0.25) is 5.91 Å². The quantitative estimate of drug-likeness (QED) is 0.561. The Morgan fingerprint density at radius 3 is 2.53 bits per heavy atom. The van der Waals surface area contributed by atoms with Crippen LogP contribution >= 0.6 is 11.6 Å². The molecule has 6 nitrogen and oxygen atoms in total. The van der Waals surface area contributed by atoms with Crippen molar-refractivity contribution in [1.29, 1.82) is 0 Å². The van der Waals surface area contributed by atoms with E-state index >= 15 is 4.39 Å². The highest BCUT2D eigenvalue weighted by atomic mass is 35.5. The number of oxime groups is 1. The Balaban J connectivity index is 1.52. The molecule has 0 spiro atoms. The molecule has 4 rings (SSSR count). The second-order valence-corrected chi connectivity index (χ2v) is 10.0. The Hall–Kier alpha value is -2.60. The first kappa shape index (κ1) is 24.5. The summed E-state index contributed by atoms with van der Waals surface area (Å²) in [4.78, 5) is 21.9. The fraction of sp³-hybridized carbons (Fsp3) is 0.381. The number of carbonyl (C=O) groups is 1. The first-order valence-electron chi connectivity index (χ1n) is 9.85.